The van der Waals surface area contributed by atoms with Gasteiger partial charge in [-0.2, -0.15) is 0 Å². The molecule has 0 radical (unpaired) electrons. The minimum atomic E-state index is -0.430. The van der Waals surface area contributed by atoms with Crippen LogP contribution in [0.2, 0.25) is 0 Å². The van der Waals surface area contributed by atoms with Crippen LogP contribution in [0.1, 0.15) is 16.1 Å². The number of fused-ring (bicyclic) bond motifs is 1. The molecule has 0 atom stereocenters. The number of pyridine rings is 1. The van der Waals surface area contributed by atoms with Crippen LogP contribution in [-0.2, 0) is 11.3 Å². The van der Waals surface area contributed by atoms with Crippen molar-refractivity contribution in [3.8, 4) is 16.3 Å². The van der Waals surface area contributed by atoms with Gasteiger partial charge in [-0.25, -0.2) is 9.78 Å². The van der Waals surface area contributed by atoms with Crippen molar-refractivity contribution in [3.63, 3.8) is 0 Å². The Morgan fingerprint density at radius 1 is 1.30 bits per heavy atom. The topological polar surface area (TPSA) is 78.6 Å². The van der Waals surface area contributed by atoms with Crippen LogP contribution >= 0.6 is 27.3 Å². The molecule has 0 spiro atoms. The normalized spacial score (nSPS) is 10.9. The van der Waals surface area contributed by atoms with Gasteiger partial charge < -0.3 is 9.47 Å². The summed E-state index contributed by atoms with van der Waals surface area (Å²) in [7, 11) is 1.62. The van der Waals surface area contributed by atoms with Gasteiger partial charge in [0, 0.05) is 16.0 Å². The molecule has 0 aliphatic heterocycles. The zero-order chi connectivity index (χ0) is 18.8. The number of hydrogen-bond donors (Lipinski definition) is 0. The minimum Gasteiger partial charge on any atom is -0.496 e. The molecule has 0 saturated carbocycles. The number of ether oxygens (including phenoxy) is 2. The monoisotopic (exact) mass is 444 g/mol. The standard InChI is InChI=1S/C18H13BrN4O3S/c1-25-15-4-3-12(19)6-14(15)17-21-13(9-27-17)8-26-18(24)11-2-5-16-22-20-10-23(16)7-11/h2-7,9-10H,8H2,1H3. The molecule has 0 saturated heterocycles. The lowest BCUT2D eigenvalue weighted by molar-refractivity contribution is 0.0468. The van der Waals surface area contributed by atoms with E-state index in [1.807, 2.05) is 23.6 Å². The molecule has 4 rings (SSSR count). The maximum absolute atomic E-state index is 12.3. The average Bonchev–Trinajstić information content (AvgIpc) is 3.34. The summed E-state index contributed by atoms with van der Waals surface area (Å²) in [6, 6.07) is 9.10. The van der Waals surface area contributed by atoms with Crippen LogP contribution in [0.3, 0.4) is 0 Å². The van der Waals surface area contributed by atoms with Crippen LogP contribution in [0.4, 0.5) is 0 Å². The molecule has 1 aromatic carbocycles. The van der Waals surface area contributed by atoms with Crippen molar-refractivity contribution in [1.82, 2.24) is 19.6 Å². The van der Waals surface area contributed by atoms with Crippen molar-refractivity contribution in [2.24, 2.45) is 0 Å². The average molecular weight is 445 g/mol. The number of aromatic nitrogens is 4. The van der Waals surface area contributed by atoms with Gasteiger partial charge in [-0.15, -0.1) is 21.5 Å². The van der Waals surface area contributed by atoms with Crippen molar-refractivity contribution in [2.75, 3.05) is 7.11 Å². The Balaban J connectivity index is 1.48. The second-order valence-electron chi connectivity index (χ2n) is 5.58. The third kappa shape index (κ3) is 3.69. The molecule has 9 heteroatoms. The first-order chi connectivity index (χ1) is 13.1. The Morgan fingerprint density at radius 2 is 2.19 bits per heavy atom. The predicted molar refractivity (Wildman–Crippen MR) is 104 cm³/mol. The van der Waals surface area contributed by atoms with Gasteiger partial charge in [0.15, 0.2) is 5.65 Å². The van der Waals surface area contributed by atoms with Crippen LogP contribution in [-0.4, -0.2) is 32.7 Å². The van der Waals surface area contributed by atoms with Gasteiger partial charge in [-0.3, -0.25) is 4.40 Å². The lowest BCUT2D eigenvalue weighted by Crippen LogP contribution is -2.06. The summed E-state index contributed by atoms with van der Waals surface area (Å²) in [5.74, 6) is 0.304. The molecule has 4 aromatic rings. The van der Waals surface area contributed by atoms with E-state index in [2.05, 4.69) is 31.1 Å². The van der Waals surface area contributed by atoms with E-state index in [0.717, 1.165) is 20.8 Å². The van der Waals surface area contributed by atoms with Crippen molar-refractivity contribution >= 4 is 38.9 Å². The van der Waals surface area contributed by atoms with E-state index in [4.69, 9.17) is 9.47 Å². The first-order valence-electron chi connectivity index (χ1n) is 7.89. The highest BCUT2D eigenvalue weighted by atomic mass is 79.9. The van der Waals surface area contributed by atoms with Crippen LogP contribution in [0.5, 0.6) is 5.75 Å². The Hall–Kier alpha value is -2.78. The minimum absolute atomic E-state index is 0.0892. The van der Waals surface area contributed by atoms with Crippen molar-refractivity contribution < 1.29 is 14.3 Å². The SMILES string of the molecule is COc1ccc(Br)cc1-c1nc(COC(=O)c2ccc3nncn3c2)cs1. The number of esters is 1. The molecule has 27 heavy (non-hydrogen) atoms. The summed E-state index contributed by atoms with van der Waals surface area (Å²) >= 11 is 4.93. The quantitative estimate of drug-likeness (QED) is 0.433. The second kappa shape index (κ2) is 7.45. The summed E-state index contributed by atoms with van der Waals surface area (Å²) in [5.41, 5.74) is 2.65. The van der Waals surface area contributed by atoms with Crippen LogP contribution in [0.25, 0.3) is 16.2 Å². The van der Waals surface area contributed by atoms with Crippen LogP contribution in [0, 0.1) is 0 Å². The number of benzene rings is 1. The van der Waals surface area contributed by atoms with Gasteiger partial charge in [-0.05, 0) is 30.3 Å². The molecule has 3 aromatic heterocycles. The van der Waals surface area contributed by atoms with E-state index >= 15 is 0 Å². The summed E-state index contributed by atoms with van der Waals surface area (Å²) in [4.78, 5) is 16.8. The lowest BCUT2D eigenvalue weighted by Gasteiger charge is -2.06. The molecule has 0 bridgehead atoms. The van der Waals surface area contributed by atoms with E-state index in [0.29, 0.717) is 16.9 Å². The summed E-state index contributed by atoms with van der Waals surface area (Å²) in [6.45, 7) is 0.0892. The molecule has 0 fully saturated rings. The fourth-order valence-corrected chi connectivity index (χ4v) is 3.70. The molecule has 7 nitrogen and oxygen atoms in total. The number of halogens is 1. The predicted octanol–water partition coefficient (Wildman–Crippen LogP) is 3.98. The number of methoxy groups -OCH3 is 1. The Morgan fingerprint density at radius 3 is 3.04 bits per heavy atom. The molecule has 136 valence electrons. The number of nitrogens with zero attached hydrogens (tertiary/aromatic N) is 4. The molecule has 0 aliphatic rings. The Bertz CT molecular complexity index is 1120. The Kier molecular flexibility index (Phi) is 4.87. The highest BCUT2D eigenvalue weighted by molar-refractivity contribution is 9.10. The highest BCUT2D eigenvalue weighted by Gasteiger charge is 2.13. The van der Waals surface area contributed by atoms with Gasteiger partial charge in [0.1, 0.15) is 23.7 Å². The van der Waals surface area contributed by atoms with Gasteiger partial charge >= 0.3 is 5.97 Å². The lowest BCUT2D eigenvalue weighted by atomic mass is 10.2. The van der Waals surface area contributed by atoms with Crippen LogP contribution in [0.15, 0.2) is 52.7 Å². The van der Waals surface area contributed by atoms with Gasteiger partial charge in [0.25, 0.3) is 0 Å². The molecule has 0 aliphatic carbocycles. The third-order valence-corrected chi connectivity index (χ3v) is 5.24. The molecule has 0 amide bonds. The summed E-state index contributed by atoms with van der Waals surface area (Å²) < 4.78 is 13.4. The van der Waals surface area contributed by atoms with E-state index in [1.54, 1.807) is 29.8 Å². The first-order valence-corrected chi connectivity index (χ1v) is 9.56. The van der Waals surface area contributed by atoms with E-state index in [9.17, 15) is 4.79 Å². The van der Waals surface area contributed by atoms with Gasteiger partial charge in [-0.1, -0.05) is 15.9 Å². The van der Waals surface area contributed by atoms with Crippen molar-refractivity contribution in [1.29, 1.82) is 0 Å². The second-order valence-corrected chi connectivity index (χ2v) is 7.35. The third-order valence-electron chi connectivity index (χ3n) is 3.82. The summed E-state index contributed by atoms with van der Waals surface area (Å²) in [6.07, 6.45) is 3.17. The first kappa shape index (κ1) is 17.6. The van der Waals surface area contributed by atoms with Crippen molar-refractivity contribution in [2.45, 2.75) is 6.61 Å². The molecule has 0 unspecified atom stereocenters. The molecular formula is C18H13BrN4O3S. The summed E-state index contributed by atoms with van der Waals surface area (Å²) in [5, 5.41) is 10.4. The molecule has 0 N–H and O–H groups in total. The fraction of sp³-hybridized carbons (Fsp3) is 0.111. The van der Waals surface area contributed by atoms with E-state index < -0.39 is 5.97 Å². The number of thiazole rings is 1. The molecular weight excluding hydrogens is 432 g/mol. The van der Waals surface area contributed by atoms with Crippen molar-refractivity contribution in [3.05, 3.63) is 64.0 Å². The zero-order valence-corrected chi connectivity index (χ0v) is 16.5. The number of rotatable bonds is 5. The fourth-order valence-electron chi connectivity index (χ4n) is 2.52. The number of carbonyl (C=O) groups is 1. The van der Waals surface area contributed by atoms with E-state index in [-0.39, 0.29) is 6.61 Å². The zero-order valence-electron chi connectivity index (χ0n) is 14.1. The largest absolute Gasteiger partial charge is 0.496 e. The molecule has 3 heterocycles. The Labute approximate surface area is 166 Å². The maximum Gasteiger partial charge on any atom is 0.340 e. The highest BCUT2D eigenvalue weighted by Crippen LogP contribution is 2.34. The maximum atomic E-state index is 12.3. The smallest absolute Gasteiger partial charge is 0.340 e. The van der Waals surface area contributed by atoms with Gasteiger partial charge in [0.2, 0.25) is 0 Å². The number of hydrogen-bond acceptors (Lipinski definition) is 7. The number of carbonyl (C=O) groups excluding carboxylic acids is 1. The van der Waals surface area contributed by atoms with Crippen LogP contribution < -0.4 is 4.74 Å². The van der Waals surface area contributed by atoms with E-state index in [1.165, 1.54) is 17.7 Å². The van der Waals surface area contributed by atoms with Gasteiger partial charge in [0.05, 0.1) is 23.9 Å².